The first kappa shape index (κ1) is 13.8. The van der Waals surface area contributed by atoms with Gasteiger partial charge in [-0.25, -0.2) is 0 Å². The van der Waals surface area contributed by atoms with Gasteiger partial charge in [-0.2, -0.15) is 0 Å². The van der Waals surface area contributed by atoms with Crippen LogP contribution in [0.4, 0.5) is 0 Å². The summed E-state index contributed by atoms with van der Waals surface area (Å²) in [5.74, 6) is -0.0704. The largest absolute Gasteiger partial charge is 0.396 e. The number of aliphatic hydroxyl groups is 1. The molecule has 0 aliphatic rings. The monoisotopic (exact) mass is 278 g/mol. The van der Waals surface area contributed by atoms with Crippen molar-refractivity contribution in [3.63, 3.8) is 0 Å². The molecule has 0 spiro atoms. The zero-order valence-corrected chi connectivity index (χ0v) is 11.7. The third-order valence-electron chi connectivity index (χ3n) is 3.04. The summed E-state index contributed by atoms with van der Waals surface area (Å²) in [5, 5.41) is 13.8. The smallest absolute Gasteiger partial charge is 0.263 e. The highest BCUT2D eigenvalue weighted by molar-refractivity contribution is 7.12. The zero-order valence-electron chi connectivity index (χ0n) is 10.9. The summed E-state index contributed by atoms with van der Waals surface area (Å²) < 4.78 is 1.93. The molecule has 1 amide bonds. The second kappa shape index (κ2) is 6.54. The Kier molecular flexibility index (Phi) is 4.76. The fourth-order valence-electron chi connectivity index (χ4n) is 1.96. The van der Waals surface area contributed by atoms with E-state index >= 15 is 0 Å². The van der Waals surface area contributed by atoms with Crippen molar-refractivity contribution in [2.45, 2.75) is 25.8 Å². The second-order valence-electron chi connectivity index (χ2n) is 4.32. The third kappa shape index (κ3) is 3.24. The molecule has 0 fully saturated rings. The molecule has 5 heteroatoms. The number of hydrogen-bond donors (Lipinski definition) is 2. The Hall–Kier alpha value is -1.59. The van der Waals surface area contributed by atoms with E-state index in [1.165, 1.54) is 11.3 Å². The van der Waals surface area contributed by atoms with Crippen LogP contribution in [0.3, 0.4) is 0 Å². The lowest BCUT2D eigenvalue weighted by atomic mass is 10.1. The number of aromatic nitrogens is 1. The molecule has 19 heavy (non-hydrogen) atoms. The van der Waals surface area contributed by atoms with Gasteiger partial charge in [-0.3, -0.25) is 4.79 Å². The number of carbonyl (C=O) groups is 1. The maximum Gasteiger partial charge on any atom is 0.263 e. The fourth-order valence-corrected chi connectivity index (χ4v) is 2.75. The lowest BCUT2D eigenvalue weighted by Crippen LogP contribution is -2.35. The third-order valence-corrected chi connectivity index (χ3v) is 3.94. The van der Waals surface area contributed by atoms with Crippen LogP contribution in [0.15, 0.2) is 36.0 Å². The van der Waals surface area contributed by atoms with Crippen LogP contribution < -0.4 is 5.32 Å². The molecule has 2 aromatic rings. The van der Waals surface area contributed by atoms with Gasteiger partial charge >= 0.3 is 0 Å². The van der Waals surface area contributed by atoms with Crippen LogP contribution in [0.1, 0.15) is 29.4 Å². The Labute approximate surface area is 116 Å². The number of hydrogen-bond acceptors (Lipinski definition) is 3. The van der Waals surface area contributed by atoms with Crippen LogP contribution in [-0.4, -0.2) is 28.2 Å². The highest BCUT2D eigenvalue weighted by Gasteiger charge is 2.17. The topological polar surface area (TPSA) is 54.3 Å². The minimum absolute atomic E-state index is 0.0251. The van der Waals surface area contributed by atoms with E-state index in [0.29, 0.717) is 11.3 Å². The molecule has 0 aliphatic carbocycles. The Balaban J connectivity index is 2.14. The van der Waals surface area contributed by atoms with Gasteiger partial charge in [0.25, 0.3) is 5.91 Å². The molecule has 0 saturated carbocycles. The normalized spacial score (nSPS) is 12.3. The predicted octanol–water partition coefficient (Wildman–Crippen LogP) is 2.43. The van der Waals surface area contributed by atoms with Gasteiger partial charge < -0.3 is 15.0 Å². The fraction of sp³-hybridized carbons (Fsp3) is 0.357. The summed E-state index contributed by atoms with van der Waals surface area (Å²) in [7, 11) is 0. The van der Waals surface area contributed by atoms with Crippen molar-refractivity contribution in [3.8, 4) is 5.69 Å². The molecule has 1 atom stereocenters. The van der Waals surface area contributed by atoms with E-state index < -0.39 is 0 Å². The quantitative estimate of drug-likeness (QED) is 0.852. The van der Waals surface area contributed by atoms with Crippen molar-refractivity contribution in [3.05, 3.63) is 40.8 Å². The van der Waals surface area contributed by atoms with Crippen LogP contribution in [0.2, 0.25) is 0 Å². The predicted molar refractivity (Wildman–Crippen MR) is 76.9 cm³/mol. The van der Waals surface area contributed by atoms with Crippen molar-refractivity contribution >= 4 is 17.2 Å². The van der Waals surface area contributed by atoms with E-state index in [4.69, 9.17) is 5.11 Å². The Morgan fingerprint density at radius 1 is 1.47 bits per heavy atom. The molecule has 0 aromatic carbocycles. The van der Waals surface area contributed by atoms with Gasteiger partial charge in [0.2, 0.25) is 0 Å². The first-order valence-electron chi connectivity index (χ1n) is 6.38. The Morgan fingerprint density at radius 2 is 2.21 bits per heavy atom. The van der Waals surface area contributed by atoms with Crippen molar-refractivity contribution in [1.82, 2.24) is 9.88 Å². The maximum absolute atomic E-state index is 12.3. The van der Waals surface area contributed by atoms with Crippen molar-refractivity contribution in [2.24, 2.45) is 0 Å². The van der Waals surface area contributed by atoms with Gasteiger partial charge in [-0.05, 0) is 36.4 Å². The van der Waals surface area contributed by atoms with Gasteiger partial charge in [-0.1, -0.05) is 6.92 Å². The molecule has 0 saturated heterocycles. The summed E-state index contributed by atoms with van der Waals surface area (Å²) in [6, 6.07) is 5.82. The van der Waals surface area contributed by atoms with E-state index in [2.05, 4.69) is 5.32 Å². The average molecular weight is 278 g/mol. The number of carbonyl (C=O) groups excluding carboxylic acids is 1. The number of thiophene rings is 1. The van der Waals surface area contributed by atoms with Crippen molar-refractivity contribution in [1.29, 1.82) is 0 Å². The Bertz CT molecular complexity index is 519. The van der Waals surface area contributed by atoms with Gasteiger partial charge in [0, 0.05) is 25.0 Å². The Morgan fingerprint density at radius 3 is 2.84 bits per heavy atom. The van der Waals surface area contributed by atoms with E-state index in [1.54, 1.807) is 0 Å². The van der Waals surface area contributed by atoms with Gasteiger partial charge in [0.15, 0.2) is 0 Å². The van der Waals surface area contributed by atoms with Crippen molar-refractivity contribution < 1.29 is 9.90 Å². The summed E-state index contributed by atoms with van der Waals surface area (Å²) >= 11 is 1.43. The molecule has 2 N–H and O–H groups in total. The van der Waals surface area contributed by atoms with Gasteiger partial charge in [0.05, 0.1) is 5.69 Å². The molecule has 0 aliphatic heterocycles. The average Bonchev–Trinajstić information content (AvgIpc) is 3.07. The minimum atomic E-state index is -0.0704. The summed E-state index contributed by atoms with van der Waals surface area (Å²) in [4.78, 5) is 13.0. The molecule has 0 bridgehead atoms. The molecule has 4 nitrogen and oxygen atoms in total. The van der Waals surface area contributed by atoms with Crippen LogP contribution in [0.25, 0.3) is 5.69 Å². The van der Waals surface area contributed by atoms with E-state index in [9.17, 15) is 4.79 Å². The molecule has 0 radical (unpaired) electrons. The first-order chi connectivity index (χ1) is 9.26. The minimum Gasteiger partial charge on any atom is -0.396 e. The van der Waals surface area contributed by atoms with E-state index in [0.717, 1.165) is 12.1 Å². The molecule has 2 rings (SSSR count). The van der Waals surface area contributed by atoms with Crippen molar-refractivity contribution in [2.75, 3.05) is 6.61 Å². The molecule has 2 aromatic heterocycles. The highest BCUT2D eigenvalue weighted by Crippen LogP contribution is 2.21. The lowest BCUT2D eigenvalue weighted by Gasteiger charge is -2.15. The van der Waals surface area contributed by atoms with Gasteiger partial charge in [0.1, 0.15) is 4.88 Å². The second-order valence-corrected chi connectivity index (χ2v) is 5.23. The maximum atomic E-state index is 12.3. The molecular formula is C14H18N2O2S. The van der Waals surface area contributed by atoms with Crippen LogP contribution >= 0.6 is 11.3 Å². The van der Waals surface area contributed by atoms with Gasteiger partial charge in [-0.15, -0.1) is 11.3 Å². The molecular weight excluding hydrogens is 260 g/mol. The zero-order chi connectivity index (χ0) is 13.7. The van der Waals surface area contributed by atoms with Crippen LogP contribution in [0.5, 0.6) is 0 Å². The van der Waals surface area contributed by atoms with E-state index in [1.807, 2.05) is 47.5 Å². The van der Waals surface area contributed by atoms with E-state index in [-0.39, 0.29) is 18.6 Å². The number of nitrogens with one attached hydrogen (secondary N) is 1. The lowest BCUT2D eigenvalue weighted by molar-refractivity contribution is 0.0933. The molecule has 102 valence electrons. The van der Waals surface area contributed by atoms with Crippen LogP contribution in [-0.2, 0) is 0 Å². The summed E-state index contributed by atoms with van der Waals surface area (Å²) in [5.41, 5.74) is 0.895. The number of rotatable bonds is 6. The number of aliphatic hydroxyl groups excluding tert-OH is 1. The summed E-state index contributed by atoms with van der Waals surface area (Å²) in [6.45, 7) is 2.09. The first-order valence-corrected chi connectivity index (χ1v) is 7.26. The summed E-state index contributed by atoms with van der Waals surface area (Å²) in [6.07, 6.45) is 5.25. The standard InChI is InChI=1S/C14H18N2O2S/c1-2-11(5-9-17)15-14(18)13-12(6-10-19-13)16-7-3-4-8-16/h3-4,6-8,10-11,17H,2,5,9H2,1H3,(H,15,18). The number of nitrogens with zero attached hydrogens (tertiary/aromatic N) is 1. The molecule has 2 heterocycles. The number of amides is 1. The SMILES string of the molecule is CCC(CCO)NC(=O)c1sccc1-n1cccc1. The van der Waals surface area contributed by atoms with Crippen LogP contribution in [0, 0.1) is 0 Å². The highest BCUT2D eigenvalue weighted by atomic mass is 32.1. The molecule has 1 unspecified atom stereocenters.